The van der Waals surface area contributed by atoms with E-state index in [0.717, 1.165) is 0 Å². The number of carbonyl (C=O) groups is 1. The number of alkyl halides is 2. The molecule has 1 amide bonds. The van der Waals surface area contributed by atoms with E-state index in [1.165, 1.54) is 4.90 Å². The van der Waals surface area contributed by atoms with Crippen LogP contribution in [0.5, 0.6) is 0 Å². The topological polar surface area (TPSA) is 46.3 Å². The van der Waals surface area contributed by atoms with E-state index in [1.54, 1.807) is 62.5 Å². The van der Waals surface area contributed by atoms with Gasteiger partial charge in [-0.25, -0.2) is 4.98 Å². The Balaban J connectivity index is 1.76. The molecule has 0 aliphatic carbocycles. The number of hydrogen-bond acceptors (Lipinski definition) is 3. The average Bonchev–Trinajstić information content (AvgIpc) is 3.11. The lowest BCUT2D eigenvalue weighted by atomic mass is 9.78. The molecule has 128 valence electrons. The van der Waals surface area contributed by atoms with E-state index in [9.17, 15) is 13.6 Å². The minimum absolute atomic E-state index is 0.303. The molecular formula is C19H16F2N2O2. The Bertz CT molecular complexity index is 949. The Morgan fingerprint density at radius 1 is 1.16 bits per heavy atom. The maximum Gasteiger partial charge on any atom is 0.323 e. The fourth-order valence-corrected chi connectivity index (χ4v) is 3.55. The molecule has 1 aliphatic heterocycles. The summed E-state index contributed by atoms with van der Waals surface area (Å²) in [5, 5.41) is 0. The van der Waals surface area contributed by atoms with E-state index in [2.05, 4.69) is 4.98 Å². The van der Waals surface area contributed by atoms with E-state index < -0.39 is 23.6 Å². The molecule has 3 aromatic rings. The third-order valence-corrected chi connectivity index (χ3v) is 4.82. The van der Waals surface area contributed by atoms with E-state index in [4.69, 9.17) is 4.42 Å². The van der Waals surface area contributed by atoms with Gasteiger partial charge in [-0.15, -0.1) is 0 Å². The second-order valence-electron chi connectivity index (χ2n) is 6.58. The molecule has 4 nitrogen and oxygen atoms in total. The van der Waals surface area contributed by atoms with Gasteiger partial charge in [-0.1, -0.05) is 30.3 Å². The molecule has 1 aliphatic rings. The molecule has 2 heterocycles. The van der Waals surface area contributed by atoms with Crippen LogP contribution in [0.25, 0.3) is 11.1 Å². The zero-order valence-corrected chi connectivity index (χ0v) is 13.8. The molecule has 1 unspecified atom stereocenters. The average molecular weight is 342 g/mol. The maximum absolute atomic E-state index is 15.0. The van der Waals surface area contributed by atoms with Gasteiger partial charge in [0, 0.05) is 19.2 Å². The summed E-state index contributed by atoms with van der Waals surface area (Å²) in [7, 11) is 1.60. The number of amides is 1. The quantitative estimate of drug-likeness (QED) is 0.715. The van der Waals surface area contributed by atoms with Crippen LogP contribution >= 0.6 is 0 Å². The minimum Gasteiger partial charge on any atom is -0.435 e. The van der Waals surface area contributed by atoms with Crippen LogP contribution in [0, 0.1) is 0 Å². The highest BCUT2D eigenvalue weighted by atomic mass is 19.3. The zero-order chi connectivity index (χ0) is 17.8. The number of likely N-dealkylation sites (N-methyl/N-ethyl adjacent to an activating group) is 1. The monoisotopic (exact) mass is 342 g/mol. The first-order chi connectivity index (χ1) is 11.8. The van der Waals surface area contributed by atoms with Crippen molar-refractivity contribution in [3.8, 4) is 0 Å². The first-order valence-corrected chi connectivity index (χ1v) is 7.94. The second kappa shape index (κ2) is 5.12. The molecule has 0 spiro atoms. The highest BCUT2D eigenvalue weighted by Gasteiger charge is 2.54. The third-order valence-electron chi connectivity index (χ3n) is 4.82. The van der Waals surface area contributed by atoms with Crippen molar-refractivity contribution in [2.75, 3.05) is 11.9 Å². The first kappa shape index (κ1) is 15.7. The van der Waals surface area contributed by atoms with Crippen LogP contribution in [-0.4, -0.2) is 17.9 Å². The summed E-state index contributed by atoms with van der Waals surface area (Å²) in [5.41, 5.74) is 0.590. The molecular weight excluding hydrogens is 326 g/mol. The Morgan fingerprint density at radius 3 is 2.60 bits per heavy atom. The van der Waals surface area contributed by atoms with Crippen molar-refractivity contribution < 1.29 is 18.0 Å². The van der Waals surface area contributed by atoms with E-state index in [-0.39, 0.29) is 5.91 Å². The molecule has 1 atom stereocenters. The molecule has 4 rings (SSSR count). The van der Waals surface area contributed by atoms with E-state index in [1.807, 2.05) is 0 Å². The highest BCUT2D eigenvalue weighted by Crippen LogP contribution is 2.49. The Hall–Kier alpha value is -2.76. The summed E-state index contributed by atoms with van der Waals surface area (Å²) in [6, 6.07) is 13.6. The van der Waals surface area contributed by atoms with Crippen molar-refractivity contribution in [1.82, 2.24) is 4.98 Å². The molecule has 0 saturated heterocycles. The minimum atomic E-state index is -3.37. The van der Waals surface area contributed by atoms with Crippen molar-refractivity contribution in [2.24, 2.45) is 0 Å². The van der Waals surface area contributed by atoms with Gasteiger partial charge in [-0.2, -0.15) is 8.78 Å². The van der Waals surface area contributed by atoms with E-state index >= 15 is 0 Å². The van der Waals surface area contributed by atoms with Crippen molar-refractivity contribution in [1.29, 1.82) is 0 Å². The van der Waals surface area contributed by atoms with Crippen LogP contribution in [0.1, 0.15) is 24.8 Å². The Labute approximate surface area is 143 Å². The van der Waals surface area contributed by atoms with Crippen molar-refractivity contribution >= 4 is 22.7 Å². The van der Waals surface area contributed by atoms with Gasteiger partial charge in [-0.3, -0.25) is 4.79 Å². The fraction of sp³-hybridized carbons (Fsp3) is 0.263. The smallest absolute Gasteiger partial charge is 0.323 e. The second-order valence-corrected chi connectivity index (χ2v) is 6.58. The van der Waals surface area contributed by atoms with Crippen molar-refractivity contribution in [3.05, 3.63) is 60.0 Å². The molecule has 25 heavy (non-hydrogen) atoms. The first-order valence-electron chi connectivity index (χ1n) is 7.94. The van der Waals surface area contributed by atoms with Gasteiger partial charge in [0.25, 0.3) is 5.89 Å². The van der Waals surface area contributed by atoms with Gasteiger partial charge in [0.05, 0.1) is 5.41 Å². The number of oxazole rings is 1. The van der Waals surface area contributed by atoms with Crippen molar-refractivity contribution in [2.45, 2.75) is 24.7 Å². The molecule has 0 radical (unpaired) electrons. The number of nitrogens with zero attached hydrogens (tertiary/aromatic N) is 2. The summed E-state index contributed by atoms with van der Waals surface area (Å²) < 4.78 is 35.2. The SMILES string of the molecule is CN1C(=O)C(C)(CC(F)(F)c2nc3ccccc3o2)c2ccccc21. The normalized spacial score (nSPS) is 20.3. The van der Waals surface area contributed by atoms with E-state index in [0.29, 0.717) is 22.4 Å². The predicted molar refractivity (Wildman–Crippen MR) is 89.7 cm³/mol. The van der Waals surface area contributed by atoms with Gasteiger partial charge in [0.15, 0.2) is 5.58 Å². The van der Waals surface area contributed by atoms with Gasteiger partial charge < -0.3 is 9.32 Å². The molecule has 2 aromatic carbocycles. The van der Waals surface area contributed by atoms with Crippen LogP contribution in [0.3, 0.4) is 0 Å². The Morgan fingerprint density at radius 2 is 1.84 bits per heavy atom. The molecule has 0 N–H and O–H groups in total. The number of para-hydroxylation sites is 3. The lowest BCUT2D eigenvalue weighted by Crippen LogP contribution is -2.40. The summed E-state index contributed by atoms with van der Waals surface area (Å²) in [6.07, 6.45) is -0.701. The fourth-order valence-electron chi connectivity index (χ4n) is 3.55. The summed E-state index contributed by atoms with van der Waals surface area (Å²) in [4.78, 5) is 18.1. The zero-order valence-electron chi connectivity index (χ0n) is 13.8. The lowest BCUT2D eigenvalue weighted by Gasteiger charge is -2.26. The van der Waals surface area contributed by atoms with Crippen LogP contribution in [-0.2, 0) is 16.1 Å². The largest absolute Gasteiger partial charge is 0.435 e. The maximum atomic E-state index is 15.0. The number of rotatable bonds is 3. The Kier molecular flexibility index (Phi) is 3.22. The molecule has 0 bridgehead atoms. The number of benzene rings is 2. The summed E-state index contributed by atoms with van der Waals surface area (Å²) in [6.45, 7) is 1.55. The van der Waals surface area contributed by atoms with Crippen LogP contribution in [0.4, 0.5) is 14.5 Å². The number of aromatic nitrogens is 1. The number of anilines is 1. The number of fused-ring (bicyclic) bond motifs is 2. The van der Waals surface area contributed by atoms with Gasteiger partial charge >= 0.3 is 5.92 Å². The molecule has 0 saturated carbocycles. The summed E-state index contributed by atoms with van der Waals surface area (Å²) in [5.74, 6) is -4.39. The number of carbonyl (C=O) groups excluding carboxylic acids is 1. The highest BCUT2D eigenvalue weighted by molar-refractivity contribution is 6.07. The molecule has 1 aromatic heterocycles. The summed E-state index contributed by atoms with van der Waals surface area (Å²) >= 11 is 0. The van der Waals surface area contributed by atoms with Crippen LogP contribution in [0.2, 0.25) is 0 Å². The lowest BCUT2D eigenvalue weighted by molar-refractivity contribution is -0.128. The molecule has 0 fully saturated rings. The number of halogens is 2. The number of hydrogen-bond donors (Lipinski definition) is 0. The molecule has 6 heteroatoms. The van der Waals surface area contributed by atoms with Gasteiger partial charge in [0.1, 0.15) is 5.52 Å². The standard InChI is InChI=1S/C19H16F2N2O2/c1-18(12-7-3-5-9-14(12)23(2)17(18)24)11-19(20,21)16-22-13-8-4-6-10-15(13)25-16/h3-10H,11H2,1-2H3. The van der Waals surface area contributed by atoms with Gasteiger partial charge in [0.2, 0.25) is 5.91 Å². The van der Waals surface area contributed by atoms with Gasteiger partial charge in [-0.05, 0) is 30.7 Å². The van der Waals surface area contributed by atoms with Crippen LogP contribution in [0.15, 0.2) is 52.9 Å². The van der Waals surface area contributed by atoms with Crippen LogP contribution < -0.4 is 4.90 Å². The predicted octanol–water partition coefficient (Wildman–Crippen LogP) is 4.24. The van der Waals surface area contributed by atoms with Crippen molar-refractivity contribution in [3.63, 3.8) is 0 Å². The third kappa shape index (κ3) is 2.24.